The lowest BCUT2D eigenvalue weighted by atomic mass is 10.1. The first kappa shape index (κ1) is 9.89. The highest BCUT2D eigenvalue weighted by Crippen LogP contribution is 2.27. The molecule has 0 atom stereocenters. The Labute approximate surface area is 96.9 Å². The zero-order valence-electron chi connectivity index (χ0n) is 9.24. The van der Waals surface area contributed by atoms with Crippen LogP contribution < -0.4 is 5.73 Å². The number of H-pyrrole nitrogens is 1. The van der Waals surface area contributed by atoms with Gasteiger partial charge < -0.3 is 10.3 Å². The fourth-order valence-corrected chi connectivity index (χ4v) is 1.97. The number of rotatable bonds is 1. The number of nitrogens with one attached hydrogen (secondary N) is 1. The van der Waals surface area contributed by atoms with Gasteiger partial charge in [-0.3, -0.25) is 5.10 Å². The van der Waals surface area contributed by atoms with E-state index < -0.39 is 0 Å². The molecule has 1 aromatic carbocycles. The van der Waals surface area contributed by atoms with Crippen molar-refractivity contribution in [3.8, 4) is 11.3 Å². The monoisotopic (exact) mass is 230 g/mol. The van der Waals surface area contributed by atoms with Crippen molar-refractivity contribution in [1.29, 1.82) is 0 Å². The van der Waals surface area contributed by atoms with Gasteiger partial charge in [-0.15, -0.1) is 0 Å². The fraction of sp³-hybridized carbons (Fsp3) is 0.0833. The van der Waals surface area contributed by atoms with E-state index >= 15 is 0 Å². The molecular formula is C12H11FN4. The van der Waals surface area contributed by atoms with Crippen LogP contribution in [0.5, 0.6) is 0 Å². The average molecular weight is 230 g/mol. The van der Waals surface area contributed by atoms with Crippen LogP contribution in [0.1, 0.15) is 0 Å². The average Bonchev–Trinajstić information content (AvgIpc) is 2.85. The molecule has 0 aliphatic rings. The normalized spacial score (nSPS) is 11.2. The minimum atomic E-state index is -0.285. The second-order valence-electron chi connectivity index (χ2n) is 4.02. The van der Waals surface area contributed by atoms with E-state index in [0.29, 0.717) is 17.1 Å². The quantitative estimate of drug-likeness (QED) is 0.673. The number of nitrogens with two attached hydrogens (primary N) is 1. The molecule has 3 rings (SSSR count). The van der Waals surface area contributed by atoms with Crippen LogP contribution in [0.4, 0.5) is 10.2 Å². The van der Waals surface area contributed by atoms with Crippen molar-refractivity contribution >= 4 is 16.7 Å². The van der Waals surface area contributed by atoms with E-state index in [0.717, 1.165) is 10.9 Å². The van der Waals surface area contributed by atoms with Gasteiger partial charge in [0.05, 0.1) is 5.69 Å². The molecule has 4 nitrogen and oxygen atoms in total. The van der Waals surface area contributed by atoms with Crippen LogP contribution in [-0.2, 0) is 7.05 Å². The molecule has 2 aromatic heterocycles. The number of fused-ring (bicyclic) bond motifs is 1. The van der Waals surface area contributed by atoms with Crippen LogP contribution in [0.25, 0.3) is 22.2 Å². The zero-order chi connectivity index (χ0) is 12.0. The molecule has 3 N–H and O–H groups in total. The van der Waals surface area contributed by atoms with Crippen LogP contribution in [-0.4, -0.2) is 14.8 Å². The largest absolute Gasteiger partial charge is 0.382 e. The van der Waals surface area contributed by atoms with E-state index in [9.17, 15) is 4.39 Å². The first-order valence-corrected chi connectivity index (χ1v) is 5.21. The lowest BCUT2D eigenvalue weighted by molar-refractivity contribution is 0.632. The van der Waals surface area contributed by atoms with Gasteiger partial charge in [0.1, 0.15) is 11.6 Å². The molecule has 0 amide bonds. The molecule has 0 radical (unpaired) electrons. The molecule has 0 saturated carbocycles. The Morgan fingerprint density at radius 3 is 2.88 bits per heavy atom. The number of aryl methyl sites for hydroxylation is 1. The Morgan fingerprint density at radius 1 is 1.35 bits per heavy atom. The summed E-state index contributed by atoms with van der Waals surface area (Å²) in [5.74, 6) is 0.0683. The van der Waals surface area contributed by atoms with E-state index in [2.05, 4.69) is 10.2 Å². The Morgan fingerprint density at radius 2 is 2.18 bits per heavy atom. The van der Waals surface area contributed by atoms with Crippen LogP contribution in [0, 0.1) is 5.82 Å². The molecule has 17 heavy (non-hydrogen) atoms. The van der Waals surface area contributed by atoms with Gasteiger partial charge in [-0.1, -0.05) is 0 Å². The van der Waals surface area contributed by atoms with Crippen LogP contribution in [0.15, 0.2) is 30.5 Å². The summed E-state index contributed by atoms with van der Waals surface area (Å²) in [4.78, 5) is 0. The summed E-state index contributed by atoms with van der Waals surface area (Å²) in [6.45, 7) is 0. The van der Waals surface area contributed by atoms with Gasteiger partial charge >= 0.3 is 0 Å². The molecule has 0 fully saturated rings. The topological polar surface area (TPSA) is 59.6 Å². The summed E-state index contributed by atoms with van der Waals surface area (Å²) in [6, 6.07) is 6.80. The second kappa shape index (κ2) is 3.35. The number of aromatic amines is 1. The van der Waals surface area contributed by atoms with Crippen molar-refractivity contribution in [2.75, 3.05) is 5.73 Å². The van der Waals surface area contributed by atoms with Gasteiger partial charge in [-0.05, 0) is 18.2 Å². The molecule has 0 bridgehead atoms. The molecule has 0 spiro atoms. The van der Waals surface area contributed by atoms with Gasteiger partial charge in [0, 0.05) is 35.8 Å². The SMILES string of the molecule is Cn1ccc2cc(F)c(-c3cc(N)n[nH]3)cc21. The number of halogens is 1. The summed E-state index contributed by atoms with van der Waals surface area (Å²) in [6.07, 6.45) is 1.90. The third-order valence-corrected chi connectivity index (χ3v) is 2.86. The fourth-order valence-electron chi connectivity index (χ4n) is 1.97. The molecule has 3 aromatic rings. The Hall–Kier alpha value is -2.30. The molecule has 0 unspecified atom stereocenters. The molecule has 86 valence electrons. The molecule has 0 aliphatic heterocycles. The Balaban J connectivity index is 2.28. The summed E-state index contributed by atoms with van der Waals surface area (Å²) in [5, 5.41) is 7.39. The first-order chi connectivity index (χ1) is 8.15. The summed E-state index contributed by atoms with van der Waals surface area (Å²) < 4.78 is 15.9. The van der Waals surface area contributed by atoms with Crippen LogP contribution in [0.2, 0.25) is 0 Å². The van der Waals surface area contributed by atoms with Gasteiger partial charge in [0.2, 0.25) is 0 Å². The van der Waals surface area contributed by atoms with E-state index in [1.807, 2.05) is 23.9 Å². The third-order valence-electron chi connectivity index (χ3n) is 2.86. The molecular weight excluding hydrogens is 219 g/mol. The summed E-state index contributed by atoms with van der Waals surface area (Å²) in [7, 11) is 1.92. The van der Waals surface area contributed by atoms with Crippen molar-refractivity contribution in [2.24, 2.45) is 7.05 Å². The lowest BCUT2D eigenvalue weighted by Crippen LogP contribution is -1.89. The maximum absolute atomic E-state index is 13.9. The van der Waals surface area contributed by atoms with Crippen molar-refractivity contribution < 1.29 is 4.39 Å². The van der Waals surface area contributed by atoms with E-state index in [1.165, 1.54) is 6.07 Å². The van der Waals surface area contributed by atoms with Crippen LogP contribution in [0.3, 0.4) is 0 Å². The minimum Gasteiger partial charge on any atom is -0.382 e. The summed E-state index contributed by atoms with van der Waals surface area (Å²) in [5.41, 5.74) is 7.55. The number of aromatic nitrogens is 3. The van der Waals surface area contributed by atoms with Gasteiger partial charge in [-0.25, -0.2) is 4.39 Å². The Kier molecular flexibility index (Phi) is 1.95. The number of nitrogens with zero attached hydrogens (tertiary/aromatic N) is 2. The molecule has 0 saturated heterocycles. The predicted octanol–water partition coefficient (Wildman–Crippen LogP) is 2.29. The highest BCUT2D eigenvalue weighted by molar-refractivity contribution is 5.85. The predicted molar refractivity (Wildman–Crippen MR) is 64.9 cm³/mol. The number of anilines is 1. The standard InChI is InChI=1S/C12H11FN4/c1-17-3-2-7-4-9(13)8(5-11(7)17)10-6-12(14)16-15-10/h2-6H,1H3,(H3,14,15,16). The van der Waals surface area contributed by atoms with Gasteiger partial charge in [0.25, 0.3) is 0 Å². The lowest BCUT2D eigenvalue weighted by Gasteiger charge is -2.02. The maximum Gasteiger partial charge on any atom is 0.145 e. The minimum absolute atomic E-state index is 0.285. The zero-order valence-corrected chi connectivity index (χ0v) is 9.24. The highest BCUT2D eigenvalue weighted by Gasteiger charge is 2.10. The van der Waals surface area contributed by atoms with E-state index in [1.54, 1.807) is 12.1 Å². The number of hydrogen-bond donors (Lipinski definition) is 2. The van der Waals surface area contributed by atoms with E-state index in [4.69, 9.17) is 5.73 Å². The second-order valence-corrected chi connectivity index (χ2v) is 4.02. The number of benzene rings is 1. The molecule has 2 heterocycles. The summed E-state index contributed by atoms with van der Waals surface area (Å²) >= 11 is 0. The van der Waals surface area contributed by atoms with Gasteiger partial charge in [-0.2, -0.15) is 5.10 Å². The third kappa shape index (κ3) is 1.47. The van der Waals surface area contributed by atoms with Gasteiger partial charge in [0.15, 0.2) is 0 Å². The molecule has 5 heteroatoms. The maximum atomic E-state index is 13.9. The highest BCUT2D eigenvalue weighted by atomic mass is 19.1. The van der Waals surface area contributed by atoms with Crippen LogP contribution >= 0.6 is 0 Å². The van der Waals surface area contributed by atoms with Crippen molar-refractivity contribution in [3.63, 3.8) is 0 Å². The molecule has 0 aliphatic carbocycles. The van der Waals surface area contributed by atoms with Crippen molar-refractivity contribution in [2.45, 2.75) is 0 Å². The number of hydrogen-bond acceptors (Lipinski definition) is 2. The first-order valence-electron chi connectivity index (χ1n) is 5.21. The number of nitrogen functional groups attached to an aromatic ring is 1. The Bertz CT molecular complexity index is 696. The van der Waals surface area contributed by atoms with Crippen molar-refractivity contribution in [1.82, 2.24) is 14.8 Å². The smallest absolute Gasteiger partial charge is 0.145 e. The van der Waals surface area contributed by atoms with E-state index in [-0.39, 0.29) is 5.82 Å². The van der Waals surface area contributed by atoms with Crippen molar-refractivity contribution in [3.05, 3.63) is 36.3 Å².